The number of halogens is 2. The van der Waals surface area contributed by atoms with Crippen molar-refractivity contribution in [1.82, 2.24) is 9.88 Å². The highest BCUT2D eigenvalue weighted by Crippen LogP contribution is 2.25. The van der Waals surface area contributed by atoms with Crippen LogP contribution in [0.2, 0.25) is 10.0 Å². The third-order valence-electron chi connectivity index (χ3n) is 2.71. The summed E-state index contributed by atoms with van der Waals surface area (Å²) < 4.78 is 0.710. The van der Waals surface area contributed by atoms with Crippen molar-refractivity contribution in [1.29, 1.82) is 0 Å². The van der Waals surface area contributed by atoms with Gasteiger partial charge in [0, 0.05) is 13.1 Å². The number of nitrogens with zero attached hydrogens (tertiary/aromatic N) is 2. The molecule has 4 nitrogen and oxygen atoms in total. The zero-order valence-corrected chi connectivity index (χ0v) is 15.2. The van der Waals surface area contributed by atoms with Crippen molar-refractivity contribution >= 4 is 63.2 Å². The van der Waals surface area contributed by atoms with Gasteiger partial charge in [0.15, 0.2) is 5.82 Å². The minimum Gasteiger partial charge on any atom is -0.358 e. The van der Waals surface area contributed by atoms with Gasteiger partial charge in [0.05, 0.1) is 21.5 Å². The molecule has 1 N–H and O–H groups in total. The topological polar surface area (TPSA) is 45.2 Å². The van der Waals surface area contributed by atoms with Crippen molar-refractivity contribution in [2.45, 2.75) is 20.8 Å². The number of carbonyl (C=O) groups is 1. The van der Waals surface area contributed by atoms with E-state index in [-0.39, 0.29) is 11.7 Å². The van der Waals surface area contributed by atoms with Gasteiger partial charge in [0.25, 0.3) is 0 Å². The molecule has 1 aromatic heterocycles. The van der Waals surface area contributed by atoms with Gasteiger partial charge in [-0.3, -0.25) is 4.79 Å². The first-order chi connectivity index (χ1) is 9.88. The predicted octanol–water partition coefficient (Wildman–Crippen LogP) is 4.00. The number of aryl methyl sites for hydroxylation is 1. The minimum atomic E-state index is -0.203. The maximum atomic E-state index is 11.9. The Labute approximate surface area is 144 Å². The Hall–Kier alpha value is -0.560. The van der Waals surface area contributed by atoms with Crippen molar-refractivity contribution < 1.29 is 4.79 Å². The number of rotatable bonds is 5. The standard InChI is InChI=1S/C13H17Cl2N3OS2/c1-4-18(5-2)13(20)21-7-11(19)17-12-10(15)6-9(14)8(3)16-12/h6H,4-5,7H2,1-3H3,(H,16,17,19). The summed E-state index contributed by atoms with van der Waals surface area (Å²) in [7, 11) is 0. The number of aromatic nitrogens is 1. The van der Waals surface area contributed by atoms with Crippen LogP contribution in [0.5, 0.6) is 0 Å². The molecule has 0 spiro atoms. The SMILES string of the molecule is CCN(CC)C(=S)SCC(=O)Nc1nc(C)c(Cl)cc1Cl. The molecule has 1 rings (SSSR count). The van der Waals surface area contributed by atoms with Crippen LogP contribution >= 0.6 is 47.2 Å². The Morgan fingerprint density at radius 3 is 2.57 bits per heavy atom. The Kier molecular flexibility index (Phi) is 7.73. The zero-order valence-electron chi connectivity index (χ0n) is 12.1. The van der Waals surface area contributed by atoms with Gasteiger partial charge in [-0.2, -0.15) is 0 Å². The van der Waals surface area contributed by atoms with E-state index in [1.54, 1.807) is 13.0 Å². The highest BCUT2D eigenvalue weighted by atomic mass is 35.5. The Morgan fingerprint density at radius 2 is 2.00 bits per heavy atom. The van der Waals surface area contributed by atoms with E-state index >= 15 is 0 Å². The first-order valence-electron chi connectivity index (χ1n) is 6.43. The van der Waals surface area contributed by atoms with Gasteiger partial charge in [0.2, 0.25) is 5.91 Å². The Morgan fingerprint density at radius 1 is 1.38 bits per heavy atom. The number of carbonyl (C=O) groups excluding carboxylic acids is 1. The van der Waals surface area contributed by atoms with Gasteiger partial charge in [-0.05, 0) is 26.8 Å². The molecular formula is C13H17Cl2N3OS2. The molecule has 8 heteroatoms. The van der Waals surface area contributed by atoms with E-state index in [2.05, 4.69) is 10.3 Å². The van der Waals surface area contributed by atoms with Crippen molar-refractivity contribution in [3.05, 3.63) is 21.8 Å². The van der Waals surface area contributed by atoms with E-state index < -0.39 is 0 Å². The highest BCUT2D eigenvalue weighted by molar-refractivity contribution is 8.23. The van der Waals surface area contributed by atoms with Crippen LogP contribution in [0, 0.1) is 6.92 Å². The molecule has 0 saturated heterocycles. The molecular weight excluding hydrogens is 349 g/mol. The number of amides is 1. The lowest BCUT2D eigenvalue weighted by atomic mass is 10.3. The fraction of sp³-hybridized carbons (Fsp3) is 0.462. The molecule has 1 heterocycles. The van der Waals surface area contributed by atoms with Gasteiger partial charge in [-0.25, -0.2) is 4.98 Å². The summed E-state index contributed by atoms with van der Waals surface area (Å²) >= 11 is 18.5. The maximum Gasteiger partial charge on any atom is 0.236 e. The van der Waals surface area contributed by atoms with Gasteiger partial charge >= 0.3 is 0 Å². The van der Waals surface area contributed by atoms with Crippen LogP contribution in [0.3, 0.4) is 0 Å². The minimum absolute atomic E-state index is 0.203. The molecule has 0 unspecified atom stereocenters. The van der Waals surface area contributed by atoms with Gasteiger partial charge in [0.1, 0.15) is 4.32 Å². The molecule has 0 aliphatic rings. The average Bonchev–Trinajstić information content (AvgIpc) is 2.44. The number of hydrogen-bond donors (Lipinski definition) is 1. The lowest BCUT2D eigenvalue weighted by Crippen LogP contribution is -2.28. The lowest BCUT2D eigenvalue weighted by molar-refractivity contribution is -0.113. The van der Waals surface area contributed by atoms with E-state index in [0.717, 1.165) is 13.1 Å². The van der Waals surface area contributed by atoms with Crippen LogP contribution < -0.4 is 5.32 Å². The van der Waals surface area contributed by atoms with E-state index in [4.69, 9.17) is 35.4 Å². The molecule has 1 aromatic rings. The second kappa shape index (κ2) is 8.78. The second-order valence-corrected chi connectivity index (χ2v) is 6.58. The van der Waals surface area contributed by atoms with Crippen molar-refractivity contribution in [3.8, 4) is 0 Å². The lowest BCUT2D eigenvalue weighted by Gasteiger charge is -2.20. The van der Waals surface area contributed by atoms with Crippen LogP contribution in [-0.4, -0.2) is 39.0 Å². The van der Waals surface area contributed by atoms with Crippen LogP contribution in [0.25, 0.3) is 0 Å². The highest BCUT2D eigenvalue weighted by Gasteiger charge is 2.12. The first kappa shape index (κ1) is 18.5. The van der Waals surface area contributed by atoms with E-state index in [9.17, 15) is 4.79 Å². The molecule has 0 bridgehead atoms. The summed E-state index contributed by atoms with van der Waals surface area (Å²) in [5.74, 6) is 0.332. The Bertz CT molecular complexity index is 536. The van der Waals surface area contributed by atoms with Crippen LogP contribution in [0.1, 0.15) is 19.5 Å². The van der Waals surface area contributed by atoms with E-state index in [1.807, 2.05) is 18.7 Å². The fourth-order valence-corrected chi connectivity index (χ4v) is 3.12. The molecule has 0 radical (unpaired) electrons. The van der Waals surface area contributed by atoms with Crippen molar-refractivity contribution in [2.75, 3.05) is 24.2 Å². The predicted molar refractivity (Wildman–Crippen MR) is 95.6 cm³/mol. The van der Waals surface area contributed by atoms with Gasteiger partial charge in [-0.15, -0.1) is 0 Å². The number of thiocarbonyl (C=S) groups is 1. The number of nitrogens with one attached hydrogen (secondary N) is 1. The van der Waals surface area contributed by atoms with Crippen LogP contribution in [0.4, 0.5) is 5.82 Å². The fourth-order valence-electron chi connectivity index (χ4n) is 1.51. The molecule has 0 aliphatic carbocycles. The monoisotopic (exact) mass is 365 g/mol. The summed E-state index contributed by atoms with van der Waals surface area (Å²) in [6.45, 7) is 7.45. The smallest absolute Gasteiger partial charge is 0.236 e. The third-order valence-corrected chi connectivity index (χ3v) is 4.91. The average molecular weight is 366 g/mol. The molecule has 21 heavy (non-hydrogen) atoms. The quantitative estimate of drug-likeness (QED) is 0.799. The second-order valence-electron chi connectivity index (χ2n) is 4.16. The summed E-state index contributed by atoms with van der Waals surface area (Å²) in [6, 6.07) is 1.56. The summed E-state index contributed by atoms with van der Waals surface area (Å²) in [4.78, 5) is 18.1. The van der Waals surface area contributed by atoms with E-state index in [0.29, 0.717) is 25.9 Å². The van der Waals surface area contributed by atoms with Crippen molar-refractivity contribution in [2.24, 2.45) is 0 Å². The number of pyridine rings is 1. The molecule has 0 aliphatic heterocycles. The molecule has 0 aromatic carbocycles. The Balaban J connectivity index is 2.59. The number of hydrogen-bond acceptors (Lipinski definition) is 4. The normalized spacial score (nSPS) is 10.3. The zero-order chi connectivity index (χ0) is 16.0. The summed E-state index contributed by atoms with van der Waals surface area (Å²) in [5, 5.41) is 3.45. The third kappa shape index (κ3) is 5.62. The summed E-state index contributed by atoms with van der Waals surface area (Å²) in [6.07, 6.45) is 0. The largest absolute Gasteiger partial charge is 0.358 e. The maximum absolute atomic E-state index is 11.9. The molecule has 0 atom stereocenters. The molecule has 0 fully saturated rings. The number of thioether (sulfide) groups is 1. The molecule has 116 valence electrons. The number of anilines is 1. The van der Waals surface area contributed by atoms with Crippen LogP contribution in [-0.2, 0) is 4.79 Å². The first-order valence-corrected chi connectivity index (χ1v) is 8.58. The van der Waals surface area contributed by atoms with Crippen LogP contribution in [0.15, 0.2) is 6.07 Å². The summed E-state index contributed by atoms with van der Waals surface area (Å²) in [5.41, 5.74) is 0.614. The van der Waals surface area contributed by atoms with E-state index in [1.165, 1.54) is 11.8 Å². The van der Waals surface area contributed by atoms with Gasteiger partial charge in [-0.1, -0.05) is 47.2 Å². The molecule has 0 saturated carbocycles. The van der Waals surface area contributed by atoms with Gasteiger partial charge < -0.3 is 10.2 Å². The molecule has 1 amide bonds. The van der Waals surface area contributed by atoms with Crippen molar-refractivity contribution in [3.63, 3.8) is 0 Å².